The van der Waals surface area contributed by atoms with Gasteiger partial charge >= 0.3 is 5.97 Å². The highest BCUT2D eigenvalue weighted by molar-refractivity contribution is 7.85. The van der Waals surface area contributed by atoms with Gasteiger partial charge in [0.25, 0.3) is 10.1 Å². The summed E-state index contributed by atoms with van der Waals surface area (Å²) in [6, 6.07) is 6.10. The molecule has 0 spiro atoms. The maximum atomic E-state index is 10.7. The monoisotopic (exact) mass is 256 g/mol. The van der Waals surface area contributed by atoms with Gasteiger partial charge in [0.05, 0.1) is 0 Å². The SMILES string of the molecule is C=CC(=O)O.C=Cc1ccccc1S(=O)(=O)O. The highest BCUT2D eigenvalue weighted by Crippen LogP contribution is 2.15. The molecule has 0 fully saturated rings. The van der Waals surface area contributed by atoms with Crippen molar-refractivity contribution in [3.63, 3.8) is 0 Å². The lowest BCUT2D eigenvalue weighted by Gasteiger charge is -2.00. The highest BCUT2D eigenvalue weighted by Gasteiger charge is 2.11. The molecule has 17 heavy (non-hydrogen) atoms. The van der Waals surface area contributed by atoms with Crippen LogP contribution in [-0.4, -0.2) is 24.0 Å². The van der Waals surface area contributed by atoms with E-state index in [1.165, 1.54) is 18.2 Å². The molecule has 5 nitrogen and oxygen atoms in total. The molecule has 0 saturated heterocycles. The van der Waals surface area contributed by atoms with E-state index < -0.39 is 16.1 Å². The van der Waals surface area contributed by atoms with Crippen molar-refractivity contribution in [1.29, 1.82) is 0 Å². The molecule has 0 radical (unpaired) electrons. The third-order valence-corrected chi connectivity index (χ3v) is 2.52. The first-order chi connectivity index (χ1) is 7.82. The van der Waals surface area contributed by atoms with E-state index in [9.17, 15) is 13.2 Å². The van der Waals surface area contributed by atoms with Crippen LogP contribution in [0.2, 0.25) is 0 Å². The number of carboxylic acid groups (broad SMARTS) is 1. The molecule has 6 heteroatoms. The molecule has 0 aliphatic carbocycles. The fourth-order valence-corrected chi connectivity index (χ4v) is 1.58. The second-order valence-corrected chi connectivity index (χ2v) is 4.15. The van der Waals surface area contributed by atoms with Gasteiger partial charge in [-0.3, -0.25) is 4.55 Å². The number of aliphatic carboxylic acids is 1. The average Bonchev–Trinajstić information content (AvgIpc) is 2.28. The van der Waals surface area contributed by atoms with Crippen LogP contribution in [0.4, 0.5) is 0 Å². The van der Waals surface area contributed by atoms with Gasteiger partial charge in [-0.1, -0.05) is 37.4 Å². The van der Waals surface area contributed by atoms with Crippen LogP contribution >= 0.6 is 0 Å². The molecule has 0 atom stereocenters. The first kappa shape index (κ1) is 15.1. The van der Waals surface area contributed by atoms with E-state index in [1.54, 1.807) is 12.1 Å². The molecule has 0 aromatic heterocycles. The van der Waals surface area contributed by atoms with Crippen LogP contribution in [-0.2, 0) is 14.9 Å². The normalized spacial score (nSPS) is 9.71. The summed E-state index contributed by atoms with van der Waals surface area (Å²) in [6.07, 6.45) is 2.21. The van der Waals surface area contributed by atoms with Gasteiger partial charge in [0.15, 0.2) is 0 Å². The summed E-state index contributed by atoms with van der Waals surface area (Å²) in [5, 5.41) is 7.60. The van der Waals surface area contributed by atoms with Crippen molar-refractivity contribution in [2.45, 2.75) is 4.90 Å². The van der Waals surface area contributed by atoms with Crippen molar-refractivity contribution >= 4 is 22.2 Å². The molecule has 0 saturated carbocycles. The van der Waals surface area contributed by atoms with Gasteiger partial charge in [-0.05, 0) is 11.6 Å². The van der Waals surface area contributed by atoms with Gasteiger partial charge in [0, 0.05) is 6.08 Å². The molecule has 0 amide bonds. The van der Waals surface area contributed by atoms with Crippen LogP contribution in [0.1, 0.15) is 5.56 Å². The molecular weight excluding hydrogens is 244 g/mol. The van der Waals surface area contributed by atoms with E-state index in [4.69, 9.17) is 9.66 Å². The highest BCUT2D eigenvalue weighted by atomic mass is 32.2. The minimum Gasteiger partial charge on any atom is -0.478 e. The number of benzene rings is 1. The van der Waals surface area contributed by atoms with Gasteiger partial charge in [-0.2, -0.15) is 8.42 Å². The van der Waals surface area contributed by atoms with E-state index in [0.717, 1.165) is 6.08 Å². The minimum atomic E-state index is -4.12. The molecule has 0 heterocycles. The number of carbonyl (C=O) groups is 1. The Morgan fingerprint density at radius 1 is 1.24 bits per heavy atom. The molecule has 1 aromatic rings. The van der Waals surface area contributed by atoms with Crippen molar-refractivity contribution in [2.24, 2.45) is 0 Å². The minimum absolute atomic E-state index is 0.111. The maximum absolute atomic E-state index is 10.7. The molecule has 1 rings (SSSR count). The summed E-state index contributed by atoms with van der Waals surface area (Å²) in [7, 11) is -4.12. The third kappa shape index (κ3) is 5.64. The molecule has 0 unspecified atom stereocenters. The van der Waals surface area contributed by atoms with Crippen LogP contribution in [0.5, 0.6) is 0 Å². The van der Waals surface area contributed by atoms with Crippen LogP contribution in [0, 0.1) is 0 Å². The summed E-state index contributed by atoms with van der Waals surface area (Å²) in [5.74, 6) is -0.981. The summed E-state index contributed by atoms with van der Waals surface area (Å²) < 4.78 is 30.2. The van der Waals surface area contributed by atoms with E-state index in [-0.39, 0.29) is 4.90 Å². The van der Waals surface area contributed by atoms with Crippen LogP contribution in [0.15, 0.2) is 48.4 Å². The second kappa shape index (κ2) is 6.62. The smallest absolute Gasteiger partial charge is 0.327 e. The van der Waals surface area contributed by atoms with E-state index in [1.807, 2.05) is 0 Å². The molecule has 0 bridgehead atoms. The van der Waals surface area contributed by atoms with Crippen molar-refractivity contribution in [3.05, 3.63) is 49.1 Å². The van der Waals surface area contributed by atoms with Crippen LogP contribution in [0.3, 0.4) is 0 Å². The molecule has 92 valence electrons. The summed E-state index contributed by atoms with van der Waals surface area (Å²) in [4.78, 5) is 9.14. The Hall–Kier alpha value is -1.92. The Labute approximate surface area is 99.5 Å². The zero-order chi connectivity index (χ0) is 13.5. The van der Waals surface area contributed by atoms with E-state index in [0.29, 0.717) is 5.56 Å². The number of hydrogen-bond donors (Lipinski definition) is 2. The van der Waals surface area contributed by atoms with Gasteiger partial charge in [0.2, 0.25) is 0 Å². The Bertz CT molecular complexity index is 516. The van der Waals surface area contributed by atoms with Gasteiger partial charge in [0.1, 0.15) is 4.90 Å². The standard InChI is InChI=1S/C8H8O3S.C3H4O2/c1-2-7-5-3-4-6-8(7)12(9,10)11;1-2-3(4)5/h2-6H,1H2,(H,9,10,11);2H,1H2,(H,4,5). The van der Waals surface area contributed by atoms with Crippen molar-refractivity contribution in [1.82, 2.24) is 0 Å². The topological polar surface area (TPSA) is 91.7 Å². The fraction of sp³-hybridized carbons (Fsp3) is 0. The Morgan fingerprint density at radius 2 is 1.71 bits per heavy atom. The lowest BCUT2D eigenvalue weighted by Crippen LogP contribution is -1.99. The first-order valence-electron chi connectivity index (χ1n) is 4.37. The van der Waals surface area contributed by atoms with Crippen molar-refractivity contribution in [2.75, 3.05) is 0 Å². The molecule has 1 aromatic carbocycles. The Morgan fingerprint density at radius 3 is 2.00 bits per heavy atom. The summed E-state index contributed by atoms with van der Waals surface area (Å²) in [5.41, 5.74) is 0.403. The van der Waals surface area contributed by atoms with Gasteiger partial charge < -0.3 is 5.11 Å². The van der Waals surface area contributed by atoms with Crippen molar-refractivity contribution in [3.8, 4) is 0 Å². The number of carboxylic acids is 1. The first-order valence-corrected chi connectivity index (χ1v) is 5.81. The molecule has 0 aliphatic heterocycles. The molecular formula is C11H12O5S. The Balaban J connectivity index is 0.000000437. The van der Waals surface area contributed by atoms with Crippen molar-refractivity contribution < 1.29 is 22.9 Å². The van der Waals surface area contributed by atoms with Crippen LogP contribution in [0.25, 0.3) is 6.08 Å². The summed E-state index contributed by atoms with van der Waals surface area (Å²) >= 11 is 0. The average molecular weight is 256 g/mol. The largest absolute Gasteiger partial charge is 0.478 e. The maximum Gasteiger partial charge on any atom is 0.327 e. The molecule has 2 N–H and O–H groups in total. The van der Waals surface area contributed by atoms with E-state index >= 15 is 0 Å². The molecule has 0 aliphatic rings. The Kier molecular flexibility index (Phi) is 5.87. The predicted octanol–water partition coefficient (Wildman–Crippen LogP) is 1.83. The predicted molar refractivity (Wildman–Crippen MR) is 64.2 cm³/mol. The zero-order valence-electron chi connectivity index (χ0n) is 8.91. The summed E-state index contributed by atoms with van der Waals surface area (Å²) in [6.45, 7) is 6.39. The zero-order valence-corrected chi connectivity index (χ0v) is 9.72. The lowest BCUT2D eigenvalue weighted by atomic mass is 10.2. The number of hydrogen-bond acceptors (Lipinski definition) is 3. The van der Waals surface area contributed by atoms with Gasteiger partial charge in [-0.15, -0.1) is 0 Å². The van der Waals surface area contributed by atoms with E-state index in [2.05, 4.69) is 13.2 Å². The quantitative estimate of drug-likeness (QED) is 0.636. The van der Waals surface area contributed by atoms with Crippen LogP contribution < -0.4 is 0 Å². The van der Waals surface area contributed by atoms with Gasteiger partial charge in [-0.25, -0.2) is 4.79 Å². The lowest BCUT2D eigenvalue weighted by molar-refractivity contribution is -0.131. The third-order valence-electron chi connectivity index (χ3n) is 1.59. The number of rotatable bonds is 3. The second-order valence-electron chi connectivity index (χ2n) is 2.76. The fourth-order valence-electron chi connectivity index (χ4n) is 0.884.